The topological polar surface area (TPSA) is 88.5 Å². The van der Waals surface area contributed by atoms with Crippen LogP contribution < -0.4 is 15.4 Å². The van der Waals surface area contributed by atoms with Gasteiger partial charge in [0.05, 0.1) is 0 Å². The van der Waals surface area contributed by atoms with Crippen LogP contribution in [-0.4, -0.2) is 52.5 Å². The Labute approximate surface area is 163 Å². The first-order valence-corrected chi connectivity index (χ1v) is 9.63. The smallest absolute Gasteiger partial charge is 0.261 e. The third-order valence-electron chi connectivity index (χ3n) is 5.13. The number of carbonyl (C=O) groups excluding carboxylic acids is 2. The number of rotatable bonds is 6. The number of benzene rings is 1. The molecular weight excluding hydrogens is 358 g/mol. The fourth-order valence-corrected chi connectivity index (χ4v) is 3.41. The van der Waals surface area contributed by atoms with E-state index < -0.39 is 0 Å². The molecule has 2 fully saturated rings. The minimum Gasteiger partial charge on any atom is -0.484 e. The number of aromatic nitrogens is 2. The van der Waals surface area contributed by atoms with Gasteiger partial charge < -0.3 is 24.8 Å². The Morgan fingerprint density at radius 2 is 2.21 bits per heavy atom. The molecule has 8 heteroatoms. The molecule has 8 nitrogen and oxygen atoms in total. The van der Waals surface area contributed by atoms with Gasteiger partial charge in [-0.05, 0) is 25.0 Å². The molecule has 1 saturated carbocycles. The Hall–Kier alpha value is -2.87. The lowest BCUT2D eigenvalue weighted by atomic mass is 10.1. The molecule has 2 amide bonds. The maximum Gasteiger partial charge on any atom is 0.261 e. The van der Waals surface area contributed by atoms with Gasteiger partial charge in [0.15, 0.2) is 6.61 Å². The molecule has 2 N–H and O–H groups in total. The molecule has 0 radical (unpaired) electrons. The van der Waals surface area contributed by atoms with Crippen molar-refractivity contribution in [3.8, 4) is 5.75 Å². The van der Waals surface area contributed by atoms with Crippen LogP contribution in [0.5, 0.6) is 5.75 Å². The molecule has 0 spiro atoms. The molecule has 1 unspecified atom stereocenters. The molecule has 0 bridgehead atoms. The number of ether oxygens (including phenoxy) is 1. The lowest BCUT2D eigenvalue weighted by Crippen LogP contribution is -2.50. The second kappa shape index (κ2) is 8.02. The molecule has 28 heavy (non-hydrogen) atoms. The first-order valence-electron chi connectivity index (χ1n) is 9.63. The number of imidazole rings is 1. The molecule has 2 aromatic rings. The largest absolute Gasteiger partial charge is 0.484 e. The van der Waals surface area contributed by atoms with E-state index in [4.69, 9.17) is 4.74 Å². The fourth-order valence-electron chi connectivity index (χ4n) is 3.41. The molecule has 1 aliphatic heterocycles. The highest BCUT2D eigenvalue weighted by molar-refractivity contribution is 5.94. The second-order valence-corrected chi connectivity index (χ2v) is 7.28. The van der Waals surface area contributed by atoms with Crippen molar-refractivity contribution in [1.82, 2.24) is 19.8 Å². The van der Waals surface area contributed by atoms with Crippen LogP contribution in [0.4, 0.5) is 5.69 Å². The van der Waals surface area contributed by atoms with Crippen LogP contribution in [0.1, 0.15) is 24.7 Å². The van der Waals surface area contributed by atoms with Crippen molar-refractivity contribution >= 4 is 17.5 Å². The van der Waals surface area contributed by atoms with Gasteiger partial charge in [0, 0.05) is 56.7 Å². The fraction of sp³-hybridized carbons (Fsp3) is 0.450. The zero-order chi connectivity index (χ0) is 19.5. The summed E-state index contributed by atoms with van der Waals surface area (Å²) < 4.78 is 7.66. The van der Waals surface area contributed by atoms with Gasteiger partial charge in [-0.15, -0.1) is 0 Å². The van der Waals surface area contributed by atoms with Crippen LogP contribution in [0, 0.1) is 5.92 Å². The second-order valence-electron chi connectivity index (χ2n) is 7.28. The van der Waals surface area contributed by atoms with Gasteiger partial charge in [-0.25, -0.2) is 4.98 Å². The molecule has 148 valence electrons. The van der Waals surface area contributed by atoms with Gasteiger partial charge in [0.2, 0.25) is 5.91 Å². The van der Waals surface area contributed by atoms with Crippen molar-refractivity contribution < 1.29 is 14.3 Å². The maximum atomic E-state index is 12.8. The molecule has 1 aromatic heterocycles. The zero-order valence-corrected chi connectivity index (χ0v) is 15.9. The molecule has 1 atom stereocenters. The number of aryl methyl sites for hydroxylation is 1. The van der Waals surface area contributed by atoms with Crippen LogP contribution in [0.2, 0.25) is 0 Å². The van der Waals surface area contributed by atoms with Gasteiger partial charge in [-0.1, -0.05) is 6.07 Å². The summed E-state index contributed by atoms with van der Waals surface area (Å²) >= 11 is 0. The van der Waals surface area contributed by atoms with E-state index in [9.17, 15) is 9.59 Å². The van der Waals surface area contributed by atoms with Crippen molar-refractivity contribution in [2.45, 2.75) is 18.9 Å². The van der Waals surface area contributed by atoms with E-state index in [1.54, 1.807) is 18.3 Å². The van der Waals surface area contributed by atoms with Crippen molar-refractivity contribution in [3.63, 3.8) is 0 Å². The average Bonchev–Trinajstić information content (AvgIpc) is 3.48. The summed E-state index contributed by atoms with van der Waals surface area (Å²) in [6.07, 6.45) is 5.53. The Morgan fingerprint density at radius 3 is 2.96 bits per heavy atom. The van der Waals surface area contributed by atoms with E-state index in [2.05, 4.69) is 15.6 Å². The van der Waals surface area contributed by atoms with Gasteiger partial charge in [0.25, 0.3) is 5.91 Å². The minimum absolute atomic E-state index is 0.0481. The van der Waals surface area contributed by atoms with Crippen LogP contribution in [0.3, 0.4) is 0 Å². The number of anilines is 1. The number of nitrogens with zero attached hydrogens (tertiary/aromatic N) is 3. The van der Waals surface area contributed by atoms with Gasteiger partial charge in [-0.3, -0.25) is 9.59 Å². The van der Waals surface area contributed by atoms with E-state index in [1.165, 1.54) is 0 Å². The van der Waals surface area contributed by atoms with Crippen molar-refractivity contribution in [1.29, 1.82) is 0 Å². The number of carbonyl (C=O) groups is 2. The van der Waals surface area contributed by atoms with Crippen LogP contribution in [0.25, 0.3) is 0 Å². The van der Waals surface area contributed by atoms with Gasteiger partial charge >= 0.3 is 0 Å². The lowest BCUT2D eigenvalue weighted by molar-refractivity contribution is -0.137. The van der Waals surface area contributed by atoms with Crippen molar-refractivity contribution in [2.24, 2.45) is 13.0 Å². The van der Waals surface area contributed by atoms with Crippen LogP contribution >= 0.6 is 0 Å². The van der Waals surface area contributed by atoms with E-state index in [0.29, 0.717) is 24.5 Å². The zero-order valence-electron chi connectivity index (χ0n) is 15.9. The highest BCUT2D eigenvalue weighted by Crippen LogP contribution is 2.30. The van der Waals surface area contributed by atoms with E-state index in [0.717, 1.165) is 25.2 Å². The van der Waals surface area contributed by atoms with Gasteiger partial charge in [0.1, 0.15) is 17.6 Å². The molecule has 4 rings (SSSR count). The monoisotopic (exact) mass is 383 g/mol. The number of nitrogens with one attached hydrogen (secondary N) is 2. The summed E-state index contributed by atoms with van der Waals surface area (Å²) in [6, 6.07) is 7.05. The van der Waals surface area contributed by atoms with E-state index in [1.807, 2.05) is 34.8 Å². The quantitative estimate of drug-likeness (QED) is 0.786. The number of hydrogen-bond acceptors (Lipinski definition) is 5. The summed E-state index contributed by atoms with van der Waals surface area (Å²) in [7, 11) is 1.93. The predicted molar refractivity (Wildman–Crippen MR) is 104 cm³/mol. The summed E-state index contributed by atoms with van der Waals surface area (Å²) in [5.74, 6) is 1.52. The van der Waals surface area contributed by atoms with Crippen LogP contribution in [0.15, 0.2) is 36.7 Å². The van der Waals surface area contributed by atoms with E-state index >= 15 is 0 Å². The summed E-state index contributed by atoms with van der Waals surface area (Å²) in [5.41, 5.74) is 0.690. The summed E-state index contributed by atoms with van der Waals surface area (Å²) in [4.78, 5) is 30.9. The lowest BCUT2D eigenvalue weighted by Gasteiger charge is -2.35. The third kappa shape index (κ3) is 4.17. The Morgan fingerprint density at radius 1 is 1.36 bits per heavy atom. The average molecular weight is 383 g/mol. The molecule has 1 aliphatic carbocycles. The van der Waals surface area contributed by atoms with E-state index in [-0.39, 0.29) is 30.4 Å². The third-order valence-corrected chi connectivity index (χ3v) is 5.13. The summed E-state index contributed by atoms with van der Waals surface area (Å²) in [5, 5.41) is 6.21. The van der Waals surface area contributed by atoms with Gasteiger partial charge in [-0.2, -0.15) is 0 Å². The highest BCUT2D eigenvalue weighted by atomic mass is 16.5. The molecule has 2 aliphatic rings. The first-order chi connectivity index (χ1) is 13.6. The highest BCUT2D eigenvalue weighted by Gasteiger charge is 2.31. The summed E-state index contributed by atoms with van der Waals surface area (Å²) in [6.45, 7) is 1.97. The number of piperazine rings is 1. The Kier molecular flexibility index (Phi) is 5.29. The minimum atomic E-state index is -0.117. The standard InChI is InChI=1S/C20H25N5O3/c1-24-9-8-22-19(24)17-12-21-7-10-25(17)18(26)13-28-16-4-2-3-15(11-16)23-20(27)14-5-6-14/h2-4,8-9,11,14,17,21H,5-7,10,12-13H2,1H3,(H,23,27). The first kappa shape index (κ1) is 18.5. The Balaban J connectivity index is 1.38. The molecule has 1 aromatic carbocycles. The molecular formula is C20H25N5O3. The molecule has 2 heterocycles. The van der Waals surface area contributed by atoms with Crippen LogP contribution in [-0.2, 0) is 16.6 Å². The predicted octanol–water partition coefficient (Wildman–Crippen LogP) is 1.32. The van der Waals surface area contributed by atoms with Crippen molar-refractivity contribution in [2.75, 3.05) is 31.6 Å². The normalized spacial score (nSPS) is 19.3. The number of hydrogen-bond donors (Lipinski definition) is 2. The Bertz CT molecular complexity index is 861. The SMILES string of the molecule is Cn1ccnc1C1CNCCN1C(=O)COc1cccc(NC(=O)C2CC2)c1. The molecule has 1 saturated heterocycles. The maximum absolute atomic E-state index is 12.8. The van der Waals surface area contributed by atoms with Crippen molar-refractivity contribution in [3.05, 3.63) is 42.5 Å². The number of amides is 2.